The first-order chi connectivity index (χ1) is 14.1. The van der Waals surface area contributed by atoms with Crippen molar-refractivity contribution in [3.63, 3.8) is 0 Å². The number of imide groups is 1. The number of imidazole rings is 1. The molecule has 7 heteroatoms. The molecule has 2 amide bonds. The molecule has 6 nitrogen and oxygen atoms in total. The van der Waals surface area contributed by atoms with Crippen molar-refractivity contribution in [2.45, 2.75) is 31.2 Å². The Bertz CT molecular complexity index is 1040. The number of fused-ring (bicyclic) bond motifs is 1. The van der Waals surface area contributed by atoms with Gasteiger partial charge in [-0.25, -0.2) is 9.88 Å². The monoisotopic (exact) mass is 500 g/mol. The first-order valence-electron chi connectivity index (χ1n) is 9.91. The predicted molar refractivity (Wildman–Crippen MR) is 120 cm³/mol. The third-order valence-corrected chi connectivity index (χ3v) is 6.69. The van der Waals surface area contributed by atoms with Crippen LogP contribution in [0.5, 0.6) is 0 Å². The molecule has 2 fully saturated rings. The van der Waals surface area contributed by atoms with Crippen molar-refractivity contribution in [2.24, 2.45) is 0 Å². The predicted octanol–water partition coefficient (Wildman–Crippen LogP) is 3.68. The van der Waals surface area contributed by atoms with Crippen molar-refractivity contribution < 1.29 is 9.59 Å². The number of hydrogen-bond acceptors (Lipinski definition) is 4. The minimum atomic E-state index is -0.349. The third kappa shape index (κ3) is 3.46. The van der Waals surface area contributed by atoms with E-state index in [4.69, 9.17) is 4.98 Å². The number of carbonyl (C=O) groups excluding carboxylic acids is 2. The normalized spacial score (nSPS) is 21.4. The van der Waals surface area contributed by atoms with Crippen molar-refractivity contribution in [1.82, 2.24) is 14.9 Å². The van der Waals surface area contributed by atoms with Crippen LogP contribution in [-0.4, -0.2) is 45.8 Å². The number of para-hydroxylation sites is 2. The lowest BCUT2D eigenvalue weighted by Gasteiger charge is -2.34. The molecular formula is C22H21IN4O2. The maximum absolute atomic E-state index is 13.0. The maximum Gasteiger partial charge on any atom is 0.251 e. The molecule has 2 aromatic carbocycles. The van der Waals surface area contributed by atoms with E-state index in [2.05, 4.69) is 32.5 Å². The van der Waals surface area contributed by atoms with Crippen molar-refractivity contribution >= 4 is 51.1 Å². The summed E-state index contributed by atoms with van der Waals surface area (Å²) < 4.78 is 1.08. The van der Waals surface area contributed by atoms with E-state index in [0.29, 0.717) is 11.6 Å². The fourth-order valence-electron chi connectivity index (χ4n) is 4.41. The molecule has 2 saturated heterocycles. The van der Waals surface area contributed by atoms with Crippen molar-refractivity contribution in [3.05, 3.63) is 57.9 Å². The van der Waals surface area contributed by atoms with Gasteiger partial charge >= 0.3 is 0 Å². The summed E-state index contributed by atoms with van der Waals surface area (Å²) >= 11 is 2.22. The van der Waals surface area contributed by atoms with Gasteiger partial charge in [-0.15, -0.1) is 0 Å². The van der Waals surface area contributed by atoms with E-state index in [1.54, 1.807) is 0 Å². The summed E-state index contributed by atoms with van der Waals surface area (Å²) in [5.74, 6) is 1.18. The Labute approximate surface area is 182 Å². The number of halogens is 1. The maximum atomic E-state index is 13.0. The van der Waals surface area contributed by atoms with Gasteiger partial charge in [0.25, 0.3) is 5.91 Å². The molecule has 3 aromatic rings. The Hall–Kier alpha value is -2.26. The summed E-state index contributed by atoms with van der Waals surface area (Å²) in [6, 6.07) is 15.2. The molecule has 1 N–H and O–H groups in total. The highest BCUT2D eigenvalue weighted by Gasteiger charge is 2.43. The topological polar surface area (TPSA) is 69.3 Å². The number of piperidine rings is 1. The summed E-state index contributed by atoms with van der Waals surface area (Å²) in [6.07, 6.45) is 2.13. The number of benzene rings is 2. The van der Waals surface area contributed by atoms with Crippen LogP contribution in [0, 0.1) is 3.57 Å². The smallest absolute Gasteiger partial charge is 0.251 e. The second-order valence-electron chi connectivity index (χ2n) is 7.71. The zero-order chi connectivity index (χ0) is 20.0. The SMILES string of the molecule is O=C1C[C@@H](N2CCC(c3nc4ccccc4[nH]3)CC2)C(=O)N1c1ccc(I)cc1. The Morgan fingerprint density at radius 3 is 2.45 bits per heavy atom. The summed E-state index contributed by atoms with van der Waals surface area (Å²) in [6.45, 7) is 1.60. The standard InChI is InChI=1S/C22H21IN4O2/c23-15-5-7-16(8-6-15)27-20(28)13-19(22(27)29)26-11-9-14(10-12-26)21-24-17-3-1-2-4-18(17)25-21/h1-8,14,19H,9-13H2,(H,24,25)/t19-/m1/s1. The average Bonchev–Trinajstić information content (AvgIpc) is 3.30. The Morgan fingerprint density at radius 2 is 1.72 bits per heavy atom. The van der Waals surface area contributed by atoms with Crippen LogP contribution in [0.2, 0.25) is 0 Å². The van der Waals surface area contributed by atoms with Crippen LogP contribution in [0.3, 0.4) is 0 Å². The molecule has 1 atom stereocenters. The number of H-pyrrole nitrogens is 1. The largest absolute Gasteiger partial charge is 0.342 e. The fourth-order valence-corrected chi connectivity index (χ4v) is 4.77. The number of likely N-dealkylation sites (tertiary alicyclic amines) is 1. The van der Waals surface area contributed by atoms with Gasteiger partial charge in [-0.1, -0.05) is 12.1 Å². The fraction of sp³-hybridized carbons (Fsp3) is 0.318. The lowest BCUT2D eigenvalue weighted by Crippen LogP contribution is -2.45. The van der Waals surface area contributed by atoms with Gasteiger partial charge in [0.2, 0.25) is 5.91 Å². The number of nitrogens with one attached hydrogen (secondary N) is 1. The lowest BCUT2D eigenvalue weighted by molar-refractivity contribution is -0.123. The average molecular weight is 500 g/mol. The van der Waals surface area contributed by atoms with Gasteiger partial charge in [-0.3, -0.25) is 14.5 Å². The number of amides is 2. The quantitative estimate of drug-likeness (QED) is 0.440. The zero-order valence-corrected chi connectivity index (χ0v) is 18.0. The number of carbonyl (C=O) groups is 2. The summed E-state index contributed by atoms with van der Waals surface area (Å²) in [4.78, 5) is 37.3. The van der Waals surface area contributed by atoms with E-state index >= 15 is 0 Å². The van der Waals surface area contributed by atoms with Crippen molar-refractivity contribution in [2.75, 3.05) is 18.0 Å². The number of rotatable bonds is 3. The van der Waals surface area contributed by atoms with Crippen LogP contribution in [0.4, 0.5) is 5.69 Å². The minimum Gasteiger partial charge on any atom is -0.342 e. The van der Waals surface area contributed by atoms with E-state index in [-0.39, 0.29) is 24.3 Å². The molecule has 0 saturated carbocycles. The Balaban J connectivity index is 1.27. The summed E-state index contributed by atoms with van der Waals surface area (Å²) in [7, 11) is 0. The Kier molecular flexibility index (Phi) is 4.87. The van der Waals surface area contributed by atoms with Crippen LogP contribution >= 0.6 is 22.6 Å². The highest BCUT2D eigenvalue weighted by atomic mass is 127. The second-order valence-corrected chi connectivity index (χ2v) is 8.96. The van der Waals surface area contributed by atoms with Gasteiger partial charge in [0, 0.05) is 9.49 Å². The lowest BCUT2D eigenvalue weighted by atomic mass is 9.95. The number of anilines is 1. The molecule has 0 unspecified atom stereocenters. The van der Waals surface area contributed by atoms with Crippen LogP contribution < -0.4 is 4.90 Å². The molecule has 29 heavy (non-hydrogen) atoms. The Morgan fingerprint density at radius 1 is 1.00 bits per heavy atom. The molecule has 5 rings (SSSR count). The van der Waals surface area contributed by atoms with Crippen molar-refractivity contribution in [3.8, 4) is 0 Å². The molecule has 148 valence electrons. The molecule has 1 aromatic heterocycles. The van der Waals surface area contributed by atoms with E-state index in [0.717, 1.165) is 46.4 Å². The van der Waals surface area contributed by atoms with E-state index < -0.39 is 0 Å². The van der Waals surface area contributed by atoms with Gasteiger partial charge < -0.3 is 4.98 Å². The number of aromatic nitrogens is 2. The molecule has 0 bridgehead atoms. The molecule has 2 aliphatic heterocycles. The molecule has 0 radical (unpaired) electrons. The van der Waals surface area contributed by atoms with E-state index in [1.165, 1.54) is 4.90 Å². The van der Waals surface area contributed by atoms with Crippen LogP contribution in [0.1, 0.15) is 31.0 Å². The van der Waals surface area contributed by atoms with Crippen LogP contribution in [-0.2, 0) is 9.59 Å². The van der Waals surface area contributed by atoms with Gasteiger partial charge in [0.1, 0.15) is 5.82 Å². The zero-order valence-electron chi connectivity index (χ0n) is 15.8. The minimum absolute atomic E-state index is 0.0987. The number of aromatic amines is 1. The highest BCUT2D eigenvalue weighted by Crippen LogP contribution is 2.32. The van der Waals surface area contributed by atoms with E-state index in [1.807, 2.05) is 48.5 Å². The first kappa shape index (κ1) is 18.7. The number of hydrogen-bond donors (Lipinski definition) is 1. The molecule has 0 aliphatic carbocycles. The van der Waals surface area contributed by atoms with Gasteiger partial charge in [0.15, 0.2) is 0 Å². The number of nitrogens with zero attached hydrogens (tertiary/aromatic N) is 3. The van der Waals surface area contributed by atoms with Gasteiger partial charge in [0.05, 0.1) is 29.2 Å². The molecule has 0 spiro atoms. The van der Waals surface area contributed by atoms with Gasteiger partial charge in [-0.05, 0) is 84.9 Å². The van der Waals surface area contributed by atoms with Crippen molar-refractivity contribution in [1.29, 1.82) is 0 Å². The summed E-state index contributed by atoms with van der Waals surface area (Å²) in [5, 5.41) is 0. The molecule has 2 aliphatic rings. The van der Waals surface area contributed by atoms with Gasteiger partial charge in [-0.2, -0.15) is 0 Å². The van der Waals surface area contributed by atoms with Crippen LogP contribution in [0.25, 0.3) is 11.0 Å². The third-order valence-electron chi connectivity index (χ3n) is 5.97. The highest BCUT2D eigenvalue weighted by molar-refractivity contribution is 14.1. The first-order valence-corrected chi connectivity index (χ1v) is 11.0. The summed E-state index contributed by atoms with van der Waals surface area (Å²) in [5.41, 5.74) is 2.73. The second kappa shape index (κ2) is 7.53. The van der Waals surface area contributed by atoms with Crippen LogP contribution in [0.15, 0.2) is 48.5 Å². The molecular weight excluding hydrogens is 479 g/mol. The van der Waals surface area contributed by atoms with E-state index in [9.17, 15) is 9.59 Å². The molecule has 3 heterocycles.